The smallest absolute Gasteiger partial charge is 0.260 e. The largest absolute Gasteiger partial charge is 0.481 e. The number of hydrogen-bond donors (Lipinski definition) is 0. The molecule has 0 bridgehead atoms. The van der Waals surface area contributed by atoms with Crippen molar-refractivity contribution in [3.63, 3.8) is 0 Å². The van der Waals surface area contributed by atoms with Crippen LogP contribution in [0.4, 0.5) is 4.39 Å². The van der Waals surface area contributed by atoms with E-state index in [0.29, 0.717) is 39.0 Å². The molecule has 1 aromatic carbocycles. The number of carbonyl (C=O) groups is 2. The van der Waals surface area contributed by atoms with Crippen LogP contribution in [-0.2, 0) is 23.1 Å². The van der Waals surface area contributed by atoms with Crippen molar-refractivity contribution in [2.75, 3.05) is 32.8 Å². The van der Waals surface area contributed by atoms with Crippen LogP contribution in [0, 0.1) is 5.82 Å². The molecule has 6 nitrogen and oxygen atoms in total. The lowest BCUT2D eigenvalue weighted by atomic mass is 10.2. The Hall–Kier alpha value is -2.83. The van der Waals surface area contributed by atoms with Gasteiger partial charge in [0.05, 0.1) is 6.42 Å². The second-order valence-corrected chi connectivity index (χ2v) is 6.70. The summed E-state index contributed by atoms with van der Waals surface area (Å²) >= 11 is 0. The van der Waals surface area contributed by atoms with Gasteiger partial charge in [0.15, 0.2) is 18.2 Å². The van der Waals surface area contributed by atoms with E-state index >= 15 is 0 Å². The molecule has 0 radical (unpaired) electrons. The Morgan fingerprint density at radius 2 is 1.74 bits per heavy atom. The molecule has 2 heterocycles. The van der Waals surface area contributed by atoms with E-state index in [-0.39, 0.29) is 24.2 Å². The van der Waals surface area contributed by atoms with Crippen LogP contribution in [-0.4, -0.2) is 59.0 Å². The summed E-state index contributed by atoms with van der Waals surface area (Å²) in [5.41, 5.74) is 0.984. The highest BCUT2D eigenvalue weighted by molar-refractivity contribution is 5.80. The Morgan fingerprint density at radius 1 is 1.04 bits per heavy atom. The number of amides is 2. The third-order valence-corrected chi connectivity index (χ3v) is 4.64. The van der Waals surface area contributed by atoms with Crippen LogP contribution in [0.15, 0.2) is 42.7 Å². The fourth-order valence-electron chi connectivity index (χ4n) is 3.16. The molecule has 0 N–H and O–H groups in total. The first-order valence-corrected chi connectivity index (χ1v) is 9.06. The van der Waals surface area contributed by atoms with E-state index in [1.807, 2.05) is 30.1 Å². The first-order valence-electron chi connectivity index (χ1n) is 9.06. The zero-order valence-electron chi connectivity index (χ0n) is 15.4. The molecule has 2 aromatic rings. The predicted octanol–water partition coefficient (Wildman–Crippen LogP) is 1.85. The molecule has 0 atom stereocenters. The fourth-order valence-corrected chi connectivity index (χ4v) is 3.16. The maximum Gasteiger partial charge on any atom is 0.260 e. The minimum atomic E-state index is -0.487. The summed E-state index contributed by atoms with van der Waals surface area (Å²) in [6.07, 6.45) is 4.93. The number of aryl methyl sites for hydroxylation is 1. The second-order valence-electron chi connectivity index (χ2n) is 6.70. The average Bonchev–Trinajstić information content (AvgIpc) is 2.91. The molecule has 0 saturated carbocycles. The van der Waals surface area contributed by atoms with Crippen molar-refractivity contribution >= 4 is 11.8 Å². The Balaban J connectivity index is 1.49. The summed E-state index contributed by atoms with van der Waals surface area (Å²) in [6.45, 7) is 1.94. The molecule has 1 aliphatic rings. The van der Waals surface area contributed by atoms with E-state index in [1.165, 1.54) is 12.1 Å². The maximum atomic E-state index is 13.6. The van der Waals surface area contributed by atoms with Crippen molar-refractivity contribution in [2.24, 2.45) is 7.05 Å². The molecule has 0 spiro atoms. The van der Waals surface area contributed by atoms with Crippen molar-refractivity contribution in [3.05, 3.63) is 54.1 Å². The predicted molar refractivity (Wildman–Crippen MR) is 98.8 cm³/mol. The monoisotopic (exact) mass is 373 g/mol. The van der Waals surface area contributed by atoms with E-state index in [0.717, 1.165) is 5.56 Å². The molecule has 0 unspecified atom stereocenters. The molecule has 1 saturated heterocycles. The van der Waals surface area contributed by atoms with Crippen molar-refractivity contribution in [1.29, 1.82) is 0 Å². The number of para-hydroxylation sites is 1. The summed E-state index contributed by atoms with van der Waals surface area (Å²) in [4.78, 5) is 28.4. The second kappa shape index (κ2) is 8.70. The van der Waals surface area contributed by atoms with Gasteiger partial charge in [0.25, 0.3) is 5.91 Å². The number of ether oxygens (including phenoxy) is 1. The molecule has 7 heteroatoms. The number of nitrogens with zero attached hydrogens (tertiary/aromatic N) is 3. The van der Waals surface area contributed by atoms with Crippen molar-refractivity contribution in [1.82, 2.24) is 14.4 Å². The van der Waals surface area contributed by atoms with Crippen LogP contribution in [0.5, 0.6) is 5.75 Å². The van der Waals surface area contributed by atoms with Crippen molar-refractivity contribution < 1.29 is 18.7 Å². The Bertz CT molecular complexity index is 805. The van der Waals surface area contributed by atoms with Gasteiger partial charge in [-0.05, 0) is 30.2 Å². The standard InChI is InChI=1S/C20H24FN3O3/c1-22-10-7-16(14-22)13-19(25)23-8-4-9-24(12-11-23)20(26)15-27-18-6-3-2-5-17(18)21/h2-3,5-7,10,14H,4,8-9,11-13,15H2,1H3. The van der Waals surface area contributed by atoms with Crippen molar-refractivity contribution in [2.45, 2.75) is 12.8 Å². The van der Waals surface area contributed by atoms with E-state index in [9.17, 15) is 14.0 Å². The molecule has 0 aliphatic carbocycles. The third-order valence-electron chi connectivity index (χ3n) is 4.64. The summed E-state index contributed by atoms with van der Waals surface area (Å²) < 4.78 is 20.8. The minimum Gasteiger partial charge on any atom is -0.481 e. The summed E-state index contributed by atoms with van der Waals surface area (Å²) in [5, 5.41) is 0. The van der Waals surface area contributed by atoms with Gasteiger partial charge in [-0.3, -0.25) is 9.59 Å². The summed E-state index contributed by atoms with van der Waals surface area (Å²) in [6, 6.07) is 7.95. The van der Waals surface area contributed by atoms with Crippen LogP contribution < -0.4 is 4.74 Å². The van der Waals surface area contributed by atoms with Gasteiger partial charge >= 0.3 is 0 Å². The lowest BCUT2D eigenvalue weighted by Crippen LogP contribution is -2.39. The molecule has 3 rings (SSSR count). The first-order chi connectivity index (χ1) is 13.0. The van der Waals surface area contributed by atoms with Gasteiger partial charge in [-0.25, -0.2) is 4.39 Å². The van der Waals surface area contributed by atoms with Gasteiger partial charge in [0, 0.05) is 45.6 Å². The van der Waals surface area contributed by atoms with Gasteiger partial charge in [0.2, 0.25) is 5.91 Å². The van der Waals surface area contributed by atoms with Crippen molar-refractivity contribution in [3.8, 4) is 5.75 Å². The molecule has 1 aromatic heterocycles. The van der Waals surface area contributed by atoms with Crippen LogP contribution >= 0.6 is 0 Å². The highest BCUT2D eigenvalue weighted by Crippen LogP contribution is 2.15. The molecular weight excluding hydrogens is 349 g/mol. The Morgan fingerprint density at radius 3 is 2.41 bits per heavy atom. The SMILES string of the molecule is Cn1ccc(CC(=O)N2CCCN(C(=O)COc3ccccc3F)CC2)c1. The van der Waals surface area contributed by atoms with Gasteiger partial charge in [0.1, 0.15) is 0 Å². The topological polar surface area (TPSA) is 54.8 Å². The molecule has 1 fully saturated rings. The fraction of sp³-hybridized carbons (Fsp3) is 0.400. The minimum absolute atomic E-state index is 0.0677. The quantitative estimate of drug-likeness (QED) is 0.804. The maximum absolute atomic E-state index is 13.6. The number of benzene rings is 1. The van der Waals surface area contributed by atoms with E-state index < -0.39 is 5.82 Å². The molecule has 2 amide bonds. The lowest BCUT2D eigenvalue weighted by Gasteiger charge is -2.22. The van der Waals surface area contributed by atoms with Crippen LogP contribution in [0.25, 0.3) is 0 Å². The van der Waals surface area contributed by atoms with Gasteiger partial charge in [-0.15, -0.1) is 0 Å². The Labute approximate surface area is 158 Å². The molecule has 144 valence electrons. The van der Waals surface area contributed by atoms with Crippen LogP contribution in [0.2, 0.25) is 0 Å². The van der Waals surface area contributed by atoms with E-state index in [1.54, 1.807) is 21.9 Å². The normalized spacial score (nSPS) is 14.7. The summed E-state index contributed by atoms with van der Waals surface area (Å²) in [7, 11) is 1.92. The molecular formula is C20H24FN3O3. The van der Waals surface area contributed by atoms with Crippen LogP contribution in [0.1, 0.15) is 12.0 Å². The van der Waals surface area contributed by atoms with E-state index in [2.05, 4.69) is 0 Å². The number of hydrogen-bond acceptors (Lipinski definition) is 3. The molecule has 1 aliphatic heterocycles. The average molecular weight is 373 g/mol. The zero-order chi connectivity index (χ0) is 19.2. The summed E-state index contributed by atoms with van der Waals surface area (Å²) in [5.74, 6) is -0.548. The number of carbonyl (C=O) groups excluding carboxylic acids is 2. The first kappa shape index (κ1) is 18.9. The van der Waals surface area contributed by atoms with Gasteiger partial charge in [-0.2, -0.15) is 0 Å². The van der Waals surface area contributed by atoms with Gasteiger partial charge < -0.3 is 19.1 Å². The zero-order valence-corrected chi connectivity index (χ0v) is 15.4. The Kier molecular flexibility index (Phi) is 6.11. The van der Waals surface area contributed by atoms with Crippen LogP contribution in [0.3, 0.4) is 0 Å². The van der Waals surface area contributed by atoms with Gasteiger partial charge in [-0.1, -0.05) is 12.1 Å². The number of rotatable bonds is 5. The molecule has 27 heavy (non-hydrogen) atoms. The highest BCUT2D eigenvalue weighted by atomic mass is 19.1. The number of aromatic nitrogens is 1. The number of halogens is 1. The highest BCUT2D eigenvalue weighted by Gasteiger charge is 2.22. The lowest BCUT2D eigenvalue weighted by molar-refractivity contribution is -0.134. The third kappa shape index (κ3) is 5.09. The van der Waals surface area contributed by atoms with E-state index in [4.69, 9.17) is 4.74 Å².